The van der Waals surface area contributed by atoms with Gasteiger partial charge in [0.25, 0.3) is 5.91 Å². The zero-order valence-corrected chi connectivity index (χ0v) is 12.6. The summed E-state index contributed by atoms with van der Waals surface area (Å²) in [4.78, 5) is 22.6. The van der Waals surface area contributed by atoms with Crippen LogP contribution < -0.4 is 15.4 Å². The van der Waals surface area contributed by atoms with E-state index in [1.807, 2.05) is 0 Å². The number of hydrogen-bond acceptors (Lipinski definition) is 3. The maximum absolute atomic E-state index is 12.8. The first-order valence-electron chi connectivity index (χ1n) is 7.04. The molecule has 0 atom stereocenters. The second kappa shape index (κ2) is 7.93. The quantitative estimate of drug-likeness (QED) is 0.860. The van der Waals surface area contributed by atoms with E-state index in [9.17, 15) is 14.0 Å². The molecule has 0 aliphatic heterocycles. The van der Waals surface area contributed by atoms with Gasteiger partial charge in [0.05, 0.1) is 0 Å². The monoisotopic (exact) mass is 316 g/mol. The first kappa shape index (κ1) is 16.5. The lowest BCUT2D eigenvalue weighted by Crippen LogP contribution is -2.28. The summed E-state index contributed by atoms with van der Waals surface area (Å²) in [5, 5.41) is 5.32. The van der Waals surface area contributed by atoms with Crippen molar-refractivity contribution in [2.24, 2.45) is 0 Å². The van der Waals surface area contributed by atoms with Gasteiger partial charge in [-0.25, -0.2) is 4.39 Å². The van der Waals surface area contributed by atoms with E-state index in [2.05, 4.69) is 10.6 Å². The normalized spacial score (nSPS) is 10.0. The molecule has 2 aromatic rings. The average molecular weight is 316 g/mol. The Bertz CT molecular complexity index is 669. The lowest BCUT2D eigenvalue weighted by atomic mass is 10.2. The van der Waals surface area contributed by atoms with Crippen LogP contribution in [0.3, 0.4) is 0 Å². The number of nitrogens with one attached hydrogen (secondary N) is 2. The third-order valence-electron chi connectivity index (χ3n) is 2.95. The Hall–Kier alpha value is -2.89. The molecule has 0 aromatic heterocycles. The van der Waals surface area contributed by atoms with Crippen molar-refractivity contribution in [3.05, 3.63) is 59.9 Å². The Kier molecular flexibility index (Phi) is 5.68. The first-order chi connectivity index (χ1) is 11.0. The van der Waals surface area contributed by atoms with Crippen LogP contribution in [0.25, 0.3) is 0 Å². The van der Waals surface area contributed by atoms with E-state index in [0.717, 1.165) is 5.56 Å². The number of hydrogen-bond donors (Lipinski definition) is 2. The van der Waals surface area contributed by atoms with E-state index in [1.54, 1.807) is 36.4 Å². The fourth-order valence-electron chi connectivity index (χ4n) is 1.84. The van der Waals surface area contributed by atoms with E-state index in [1.165, 1.54) is 19.1 Å². The molecule has 2 aromatic carbocycles. The van der Waals surface area contributed by atoms with Crippen LogP contribution in [0.5, 0.6) is 5.75 Å². The predicted molar refractivity (Wildman–Crippen MR) is 84.5 cm³/mol. The van der Waals surface area contributed by atoms with Gasteiger partial charge < -0.3 is 15.4 Å². The summed E-state index contributed by atoms with van der Waals surface area (Å²) in [6, 6.07) is 12.6. The summed E-state index contributed by atoms with van der Waals surface area (Å²) in [6.45, 7) is 1.61. The summed E-state index contributed by atoms with van der Waals surface area (Å²) in [7, 11) is 0. The number of anilines is 1. The van der Waals surface area contributed by atoms with Crippen LogP contribution in [0.2, 0.25) is 0 Å². The van der Waals surface area contributed by atoms with Crippen molar-refractivity contribution >= 4 is 17.5 Å². The van der Waals surface area contributed by atoms with Crippen LogP contribution in [0, 0.1) is 5.82 Å². The largest absolute Gasteiger partial charge is 0.484 e. The molecule has 120 valence electrons. The van der Waals surface area contributed by atoms with Crippen LogP contribution in [0.1, 0.15) is 12.5 Å². The second-order valence-corrected chi connectivity index (χ2v) is 4.90. The molecular formula is C17H17FN2O3. The van der Waals surface area contributed by atoms with Crippen LogP contribution in [-0.4, -0.2) is 18.4 Å². The van der Waals surface area contributed by atoms with Crippen molar-refractivity contribution in [2.75, 3.05) is 11.9 Å². The Balaban J connectivity index is 1.75. The highest BCUT2D eigenvalue weighted by molar-refractivity contribution is 5.88. The first-order valence-corrected chi connectivity index (χ1v) is 7.04. The SMILES string of the molecule is CC(=O)Nc1ccc(OCC(=O)NCc2ccc(F)cc2)cc1. The van der Waals surface area contributed by atoms with Gasteiger partial charge in [0.15, 0.2) is 6.61 Å². The van der Waals surface area contributed by atoms with Gasteiger partial charge >= 0.3 is 0 Å². The van der Waals surface area contributed by atoms with Crippen molar-refractivity contribution in [2.45, 2.75) is 13.5 Å². The summed E-state index contributed by atoms with van der Waals surface area (Å²) in [6.07, 6.45) is 0. The standard InChI is InChI=1S/C17H17FN2O3/c1-12(21)20-15-6-8-16(9-7-15)23-11-17(22)19-10-13-2-4-14(18)5-3-13/h2-9H,10-11H2,1H3,(H,19,22)(H,20,21). The molecule has 23 heavy (non-hydrogen) atoms. The molecule has 0 spiro atoms. The molecule has 0 bridgehead atoms. The van der Waals surface area contributed by atoms with Crippen LogP contribution >= 0.6 is 0 Å². The summed E-state index contributed by atoms with van der Waals surface area (Å²) in [5.41, 5.74) is 1.46. The average Bonchev–Trinajstić information content (AvgIpc) is 2.53. The summed E-state index contributed by atoms with van der Waals surface area (Å²) in [5.74, 6) is -0.221. The molecule has 2 amide bonds. The Morgan fingerprint density at radius 3 is 2.30 bits per heavy atom. The molecule has 2 rings (SSSR count). The molecule has 6 heteroatoms. The maximum atomic E-state index is 12.8. The van der Waals surface area contributed by atoms with E-state index < -0.39 is 0 Å². The van der Waals surface area contributed by atoms with E-state index in [4.69, 9.17) is 4.74 Å². The number of ether oxygens (including phenoxy) is 1. The summed E-state index contributed by atoms with van der Waals surface area (Å²) < 4.78 is 18.1. The fraction of sp³-hybridized carbons (Fsp3) is 0.176. The molecule has 0 unspecified atom stereocenters. The predicted octanol–water partition coefficient (Wildman–Crippen LogP) is 2.48. The minimum Gasteiger partial charge on any atom is -0.484 e. The lowest BCUT2D eigenvalue weighted by Gasteiger charge is -2.08. The Labute approximate surface area is 133 Å². The minimum absolute atomic E-state index is 0.124. The molecular weight excluding hydrogens is 299 g/mol. The van der Waals surface area contributed by atoms with Crippen molar-refractivity contribution in [3.63, 3.8) is 0 Å². The van der Waals surface area contributed by atoms with E-state index >= 15 is 0 Å². The summed E-state index contributed by atoms with van der Waals surface area (Å²) >= 11 is 0. The smallest absolute Gasteiger partial charge is 0.258 e. The molecule has 2 N–H and O–H groups in total. The highest BCUT2D eigenvalue weighted by atomic mass is 19.1. The van der Waals surface area contributed by atoms with Gasteiger partial charge in [-0.05, 0) is 42.0 Å². The number of carbonyl (C=O) groups is 2. The van der Waals surface area contributed by atoms with Gasteiger partial charge in [-0.2, -0.15) is 0 Å². The van der Waals surface area contributed by atoms with E-state index in [0.29, 0.717) is 18.0 Å². The Morgan fingerprint density at radius 2 is 1.70 bits per heavy atom. The van der Waals surface area contributed by atoms with Crippen LogP contribution in [0.15, 0.2) is 48.5 Å². The van der Waals surface area contributed by atoms with Gasteiger partial charge in [0.2, 0.25) is 5.91 Å². The van der Waals surface area contributed by atoms with Gasteiger partial charge in [0, 0.05) is 19.2 Å². The van der Waals surface area contributed by atoms with Crippen molar-refractivity contribution in [3.8, 4) is 5.75 Å². The van der Waals surface area contributed by atoms with Crippen LogP contribution in [0.4, 0.5) is 10.1 Å². The third-order valence-corrected chi connectivity index (χ3v) is 2.95. The molecule has 5 nitrogen and oxygen atoms in total. The lowest BCUT2D eigenvalue weighted by molar-refractivity contribution is -0.123. The van der Waals surface area contributed by atoms with Gasteiger partial charge in [-0.3, -0.25) is 9.59 Å². The van der Waals surface area contributed by atoms with Gasteiger partial charge in [0.1, 0.15) is 11.6 Å². The number of halogens is 1. The molecule has 0 aliphatic rings. The van der Waals surface area contributed by atoms with Crippen molar-refractivity contribution in [1.82, 2.24) is 5.32 Å². The zero-order chi connectivity index (χ0) is 16.7. The molecule has 0 fully saturated rings. The molecule has 0 radical (unpaired) electrons. The maximum Gasteiger partial charge on any atom is 0.258 e. The molecule has 0 heterocycles. The van der Waals surface area contributed by atoms with Gasteiger partial charge in [-0.15, -0.1) is 0 Å². The number of carbonyl (C=O) groups excluding carboxylic acids is 2. The minimum atomic E-state index is -0.314. The molecule has 0 aliphatic carbocycles. The highest BCUT2D eigenvalue weighted by Crippen LogP contribution is 2.15. The van der Waals surface area contributed by atoms with E-state index in [-0.39, 0.29) is 24.2 Å². The molecule has 0 saturated heterocycles. The zero-order valence-electron chi connectivity index (χ0n) is 12.6. The number of benzene rings is 2. The Morgan fingerprint density at radius 1 is 1.04 bits per heavy atom. The highest BCUT2D eigenvalue weighted by Gasteiger charge is 2.04. The van der Waals surface area contributed by atoms with Gasteiger partial charge in [-0.1, -0.05) is 12.1 Å². The van der Waals surface area contributed by atoms with Crippen molar-refractivity contribution in [1.29, 1.82) is 0 Å². The second-order valence-electron chi connectivity index (χ2n) is 4.90. The van der Waals surface area contributed by atoms with Crippen molar-refractivity contribution < 1.29 is 18.7 Å². The molecule has 0 saturated carbocycles. The fourth-order valence-corrected chi connectivity index (χ4v) is 1.84. The van der Waals surface area contributed by atoms with Crippen LogP contribution in [-0.2, 0) is 16.1 Å². The third kappa shape index (κ3) is 5.78. The topological polar surface area (TPSA) is 67.4 Å². The number of rotatable bonds is 6. The number of amides is 2.